The Morgan fingerprint density at radius 1 is 0.969 bits per heavy atom. The smallest absolute Gasteiger partial charge is 0.234 e. The summed E-state index contributed by atoms with van der Waals surface area (Å²) >= 11 is 0. The number of sulfonamides is 1. The van der Waals surface area contributed by atoms with Crippen molar-refractivity contribution in [2.75, 3.05) is 12.4 Å². The Labute approximate surface area is 194 Å². The summed E-state index contributed by atoms with van der Waals surface area (Å²) in [6.45, 7) is 2.99. The van der Waals surface area contributed by atoms with Crippen molar-refractivity contribution in [2.45, 2.75) is 115 Å². The fraction of sp³-hybridized carbons (Fsp3) is 0.880. The average Bonchev–Trinajstić information content (AvgIpc) is 3.37. The molecule has 1 amide bonds. The normalized spacial score (nSPS) is 27.4. The molecule has 3 rings (SSSR count). The van der Waals surface area contributed by atoms with Gasteiger partial charge in [0.1, 0.15) is 0 Å². The van der Waals surface area contributed by atoms with Gasteiger partial charge in [0.2, 0.25) is 15.9 Å². The van der Waals surface area contributed by atoms with Gasteiger partial charge in [0, 0.05) is 12.3 Å². The van der Waals surface area contributed by atoms with Crippen LogP contribution in [0.15, 0.2) is 12.2 Å². The first kappa shape index (κ1) is 25.7. The molecule has 1 saturated carbocycles. The lowest BCUT2D eigenvalue weighted by atomic mass is 9.78. The molecule has 1 N–H and O–H groups in total. The zero-order valence-corrected chi connectivity index (χ0v) is 20.6. The summed E-state index contributed by atoms with van der Waals surface area (Å²) in [5, 5.41) is 0. The van der Waals surface area contributed by atoms with E-state index < -0.39 is 10.0 Å². The van der Waals surface area contributed by atoms with Gasteiger partial charge in [-0.2, -0.15) is 0 Å². The summed E-state index contributed by atoms with van der Waals surface area (Å²) in [5.74, 6) is 0.714. The van der Waals surface area contributed by atoms with Crippen molar-refractivity contribution >= 4 is 15.9 Å². The molecule has 0 spiro atoms. The van der Waals surface area contributed by atoms with E-state index in [1.165, 1.54) is 32.1 Å². The van der Waals surface area contributed by atoms with Crippen LogP contribution in [0.5, 0.6) is 0 Å². The van der Waals surface area contributed by atoms with Gasteiger partial charge >= 0.3 is 0 Å². The highest BCUT2D eigenvalue weighted by Gasteiger charge is 2.48. The molecule has 7 heteroatoms. The minimum absolute atomic E-state index is 0.0437. The average molecular weight is 470 g/mol. The molecule has 3 aliphatic rings. The van der Waals surface area contributed by atoms with E-state index in [1.54, 1.807) is 0 Å². The number of hydrogen-bond acceptors (Lipinski definition) is 5. The van der Waals surface area contributed by atoms with Crippen LogP contribution in [0.25, 0.3) is 0 Å². The summed E-state index contributed by atoms with van der Waals surface area (Å²) in [4.78, 5) is 12.0. The number of carbonyl (C=O) groups is 1. The molecule has 2 aliphatic heterocycles. The lowest BCUT2D eigenvalue weighted by Gasteiger charge is -2.27. The second kappa shape index (κ2) is 13.1. The van der Waals surface area contributed by atoms with Gasteiger partial charge in [-0.05, 0) is 57.3 Å². The fourth-order valence-corrected chi connectivity index (χ4v) is 6.14. The van der Waals surface area contributed by atoms with Crippen LogP contribution < -0.4 is 4.72 Å². The van der Waals surface area contributed by atoms with Gasteiger partial charge in [-0.1, -0.05) is 51.2 Å². The Morgan fingerprint density at radius 3 is 2.44 bits per heavy atom. The SMILES string of the molecule is CCCCCCCCS(=O)(=O)NC(=O)CCC/C=C\C[C@H]1[C@@H](COC2CC2)[C@H]2CC[C@@H]1O2. The van der Waals surface area contributed by atoms with Crippen LogP contribution >= 0.6 is 0 Å². The lowest BCUT2D eigenvalue weighted by molar-refractivity contribution is -0.119. The first-order valence-electron chi connectivity index (χ1n) is 12.9. The zero-order chi connectivity index (χ0) is 22.8. The van der Waals surface area contributed by atoms with Gasteiger partial charge in [0.15, 0.2) is 0 Å². The number of hydrogen-bond donors (Lipinski definition) is 1. The summed E-state index contributed by atoms with van der Waals surface area (Å²) in [7, 11) is -3.49. The maximum absolute atomic E-state index is 12.0. The predicted octanol–water partition coefficient (Wildman–Crippen LogP) is 4.88. The Bertz CT molecular complexity index is 703. The number of carbonyl (C=O) groups excluding carboxylic acids is 1. The van der Waals surface area contributed by atoms with E-state index in [1.807, 2.05) is 0 Å². The fourth-order valence-electron chi connectivity index (χ4n) is 5.01. The number of fused-ring (bicyclic) bond motifs is 2. The van der Waals surface area contributed by atoms with Crippen LogP contribution in [0.1, 0.15) is 96.8 Å². The minimum Gasteiger partial charge on any atom is -0.378 e. The van der Waals surface area contributed by atoms with Crippen LogP contribution in [0.2, 0.25) is 0 Å². The third-order valence-corrected chi connectivity index (χ3v) is 8.39. The van der Waals surface area contributed by atoms with Crippen molar-refractivity contribution < 1.29 is 22.7 Å². The van der Waals surface area contributed by atoms with E-state index in [2.05, 4.69) is 23.8 Å². The van der Waals surface area contributed by atoms with Gasteiger partial charge in [-0.3, -0.25) is 9.52 Å². The molecule has 0 unspecified atom stereocenters. The Kier molecular flexibility index (Phi) is 10.5. The molecule has 1 aliphatic carbocycles. The number of rotatable bonds is 17. The van der Waals surface area contributed by atoms with E-state index >= 15 is 0 Å². The number of amides is 1. The second-order valence-electron chi connectivity index (χ2n) is 9.86. The second-order valence-corrected chi connectivity index (χ2v) is 11.7. The summed E-state index contributed by atoms with van der Waals surface area (Å²) in [6.07, 6.45) is 19.1. The van der Waals surface area contributed by atoms with Gasteiger partial charge < -0.3 is 9.47 Å². The van der Waals surface area contributed by atoms with Crippen molar-refractivity contribution in [1.29, 1.82) is 0 Å². The summed E-state index contributed by atoms with van der Waals surface area (Å²) < 4.78 is 38.4. The van der Waals surface area contributed by atoms with Crippen molar-refractivity contribution in [1.82, 2.24) is 4.72 Å². The molecule has 2 bridgehead atoms. The van der Waals surface area contributed by atoms with E-state index in [0.29, 0.717) is 43.0 Å². The largest absolute Gasteiger partial charge is 0.378 e. The first-order valence-corrected chi connectivity index (χ1v) is 14.6. The van der Waals surface area contributed by atoms with Crippen molar-refractivity contribution in [3.8, 4) is 0 Å². The van der Waals surface area contributed by atoms with Crippen molar-refractivity contribution in [3.05, 3.63) is 12.2 Å². The predicted molar refractivity (Wildman–Crippen MR) is 127 cm³/mol. The van der Waals surface area contributed by atoms with Crippen LogP contribution in [0, 0.1) is 11.8 Å². The topological polar surface area (TPSA) is 81.7 Å². The molecule has 0 aromatic carbocycles. The highest BCUT2D eigenvalue weighted by molar-refractivity contribution is 7.90. The maximum atomic E-state index is 12.0. The summed E-state index contributed by atoms with van der Waals surface area (Å²) in [6, 6.07) is 0. The maximum Gasteiger partial charge on any atom is 0.234 e. The highest BCUT2D eigenvalue weighted by atomic mass is 32.2. The van der Waals surface area contributed by atoms with Gasteiger partial charge in [-0.15, -0.1) is 0 Å². The first-order chi connectivity index (χ1) is 15.5. The van der Waals surface area contributed by atoms with Gasteiger partial charge in [-0.25, -0.2) is 8.42 Å². The molecule has 0 aromatic rings. The van der Waals surface area contributed by atoms with Gasteiger partial charge in [0.05, 0.1) is 30.7 Å². The number of unbranched alkanes of at least 4 members (excludes halogenated alkanes) is 6. The Hall–Kier alpha value is -0.920. The standard InChI is InChI=1S/C25H43NO5S/c1-2-3-4-5-8-11-18-32(28,29)26-25(27)13-10-7-6-9-12-21-22(19-30-20-14-15-20)24-17-16-23(21)31-24/h6,9,20-24H,2-5,7-8,10-19H2,1H3,(H,26,27)/b9-6-/t21-,22+,23-,24+/m0/s1. The molecule has 4 atom stereocenters. The van der Waals surface area contributed by atoms with Gasteiger partial charge in [0.25, 0.3) is 0 Å². The molecule has 6 nitrogen and oxygen atoms in total. The molecular formula is C25H43NO5S. The van der Waals surface area contributed by atoms with Crippen molar-refractivity contribution in [2.24, 2.45) is 11.8 Å². The van der Waals surface area contributed by atoms with Crippen LogP contribution in [-0.2, 0) is 24.3 Å². The Balaban J connectivity index is 1.25. The molecule has 0 aromatic heterocycles. The quantitative estimate of drug-likeness (QED) is 0.242. The molecule has 3 fully saturated rings. The molecule has 2 saturated heterocycles. The lowest BCUT2D eigenvalue weighted by Crippen LogP contribution is -2.32. The van der Waals surface area contributed by atoms with Crippen LogP contribution in [-0.4, -0.2) is 45.0 Å². The van der Waals surface area contributed by atoms with E-state index in [0.717, 1.165) is 45.1 Å². The zero-order valence-electron chi connectivity index (χ0n) is 19.8. The van der Waals surface area contributed by atoms with E-state index in [-0.39, 0.29) is 18.1 Å². The minimum atomic E-state index is -3.49. The molecule has 0 radical (unpaired) electrons. The number of ether oxygens (including phenoxy) is 2. The third-order valence-electron chi connectivity index (χ3n) is 7.02. The molecule has 32 heavy (non-hydrogen) atoms. The monoisotopic (exact) mass is 469 g/mol. The molecule has 184 valence electrons. The Morgan fingerprint density at radius 2 is 1.69 bits per heavy atom. The van der Waals surface area contributed by atoms with Crippen LogP contribution in [0.4, 0.5) is 0 Å². The molecular weight excluding hydrogens is 426 g/mol. The number of allylic oxidation sites excluding steroid dienone is 2. The van der Waals surface area contributed by atoms with Crippen molar-refractivity contribution in [3.63, 3.8) is 0 Å². The highest BCUT2D eigenvalue weighted by Crippen LogP contribution is 2.45. The third kappa shape index (κ3) is 8.79. The van der Waals surface area contributed by atoms with E-state index in [9.17, 15) is 13.2 Å². The van der Waals surface area contributed by atoms with E-state index in [4.69, 9.17) is 9.47 Å². The summed E-state index contributed by atoms with van der Waals surface area (Å²) in [5.41, 5.74) is 0. The molecule has 2 heterocycles. The van der Waals surface area contributed by atoms with Crippen LogP contribution in [0.3, 0.4) is 0 Å². The number of nitrogens with one attached hydrogen (secondary N) is 1.